The van der Waals surface area contributed by atoms with Crippen molar-refractivity contribution in [2.75, 3.05) is 20.1 Å². The van der Waals surface area contributed by atoms with Gasteiger partial charge in [-0.2, -0.15) is 0 Å². The molecule has 0 unspecified atom stereocenters. The van der Waals surface area contributed by atoms with Crippen molar-refractivity contribution in [3.63, 3.8) is 0 Å². The zero-order chi connectivity index (χ0) is 18.2. The Bertz CT molecular complexity index is 615. The van der Waals surface area contributed by atoms with E-state index < -0.39 is 15.8 Å². The van der Waals surface area contributed by atoms with E-state index in [0.717, 1.165) is 25.0 Å². The highest BCUT2D eigenvalue weighted by atomic mass is 32.2. The summed E-state index contributed by atoms with van der Waals surface area (Å²) >= 11 is 0. The van der Waals surface area contributed by atoms with E-state index in [1.165, 1.54) is 23.5 Å². The second-order valence-corrected chi connectivity index (χ2v) is 8.31. The van der Waals surface area contributed by atoms with E-state index >= 15 is 0 Å². The molecule has 0 saturated heterocycles. The third-order valence-electron chi connectivity index (χ3n) is 3.68. The van der Waals surface area contributed by atoms with Gasteiger partial charge < -0.3 is 5.32 Å². The lowest BCUT2D eigenvalue weighted by atomic mass is 10.1. The van der Waals surface area contributed by atoms with Crippen LogP contribution in [0, 0.1) is 11.7 Å². The number of hydrogen-bond donors (Lipinski definition) is 1. The first-order valence-electron chi connectivity index (χ1n) is 8.22. The molecule has 0 bridgehead atoms. The van der Waals surface area contributed by atoms with Gasteiger partial charge in [-0.25, -0.2) is 17.1 Å². The summed E-state index contributed by atoms with van der Waals surface area (Å²) in [6.45, 7) is 5.16. The lowest BCUT2D eigenvalue weighted by Crippen LogP contribution is -2.30. The monoisotopic (exact) mass is 358 g/mol. The molecular formula is C17H27FN2O3S. The molecule has 0 heterocycles. The Morgan fingerprint density at radius 3 is 2.42 bits per heavy atom. The zero-order valence-corrected chi connectivity index (χ0v) is 15.4. The molecule has 0 aliphatic carbocycles. The minimum absolute atomic E-state index is 0.0459. The SMILES string of the molecule is CC(C)CCCNC(=O)CCCN(C)S(=O)(=O)c1ccc(F)cc1. The summed E-state index contributed by atoms with van der Waals surface area (Å²) in [5.41, 5.74) is 0. The Hall–Kier alpha value is -1.47. The first kappa shape index (κ1) is 20.6. The van der Waals surface area contributed by atoms with Gasteiger partial charge in [-0.1, -0.05) is 13.8 Å². The third-order valence-corrected chi connectivity index (χ3v) is 5.55. The summed E-state index contributed by atoms with van der Waals surface area (Å²) in [7, 11) is -2.19. The molecule has 0 radical (unpaired) electrons. The topological polar surface area (TPSA) is 66.5 Å². The molecule has 0 aliphatic heterocycles. The summed E-state index contributed by atoms with van der Waals surface area (Å²) in [4.78, 5) is 11.8. The van der Waals surface area contributed by atoms with Crippen LogP contribution in [0.25, 0.3) is 0 Å². The maximum Gasteiger partial charge on any atom is 0.242 e. The molecule has 0 aromatic heterocycles. The Morgan fingerprint density at radius 1 is 1.21 bits per heavy atom. The first-order chi connectivity index (χ1) is 11.2. The normalized spacial score (nSPS) is 11.9. The summed E-state index contributed by atoms with van der Waals surface area (Å²) in [6.07, 6.45) is 2.74. The molecule has 136 valence electrons. The van der Waals surface area contributed by atoms with Gasteiger partial charge in [0.2, 0.25) is 15.9 Å². The van der Waals surface area contributed by atoms with Crippen LogP contribution in [0.15, 0.2) is 29.2 Å². The number of halogens is 1. The first-order valence-corrected chi connectivity index (χ1v) is 9.66. The Kier molecular flexibility index (Phi) is 8.35. The number of rotatable bonds is 10. The number of carbonyl (C=O) groups excluding carboxylic acids is 1. The van der Waals surface area contributed by atoms with Crippen molar-refractivity contribution in [1.29, 1.82) is 0 Å². The van der Waals surface area contributed by atoms with E-state index in [0.29, 0.717) is 18.9 Å². The van der Waals surface area contributed by atoms with Gasteiger partial charge in [-0.05, 0) is 49.4 Å². The molecule has 0 aliphatic rings. The standard InChI is InChI=1S/C17H27FN2O3S/c1-14(2)6-4-12-19-17(21)7-5-13-20(3)24(22,23)16-10-8-15(18)9-11-16/h8-11,14H,4-7,12-13H2,1-3H3,(H,19,21). The van der Waals surface area contributed by atoms with Gasteiger partial charge in [-0.15, -0.1) is 0 Å². The Balaban J connectivity index is 2.36. The largest absolute Gasteiger partial charge is 0.356 e. The van der Waals surface area contributed by atoms with Crippen LogP contribution in [0.5, 0.6) is 0 Å². The number of hydrogen-bond acceptors (Lipinski definition) is 3. The summed E-state index contributed by atoms with van der Waals surface area (Å²) < 4.78 is 38.7. The van der Waals surface area contributed by atoms with E-state index in [4.69, 9.17) is 0 Å². The molecule has 5 nitrogen and oxygen atoms in total. The third kappa shape index (κ3) is 6.97. The van der Waals surface area contributed by atoms with Gasteiger partial charge >= 0.3 is 0 Å². The predicted octanol–water partition coefficient (Wildman–Crippen LogP) is 2.78. The van der Waals surface area contributed by atoms with Crippen molar-refractivity contribution < 1.29 is 17.6 Å². The molecule has 1 aromatic rings. The van der Waals surface area contributed by atoms with Gasteiger partial charge in [0.05, 0.1) is 4.90 Å². The molecule has 0 saturated carbocycles. The van der Waals surface area contributed by atoms with Crippen molar-refractivity contribution in [2.45, 2.75) is 44.4 Å². The average molecular weight is 358 g/mol. The molecule has 7 heteroatoms. The number of benzene rings is 1. The second kappa shape index (κ2) is 9.74. The summed E-state index contributed by atoms with van der Waals surface area (Å²) in [5.74, 6) is 0.0734. The molecule has 0 fully saturated rings. The van der Waals surface area contributed by atoms with Gasteiger partial charge in [0.25, 0.3) is 0 Å². The maximum absolute atomic E-state index is 12.9. The van der Waals surface area contributed by atoms with Crippen LogP contribution in [0.2, 0.25) is 0 Å². The number of sulfonamides is 1. The number of carbonyl (C=O) groups is 1. The molecule has 0 spiro atoms. The number of nitrogens with one attached hydrogen (secondary N) is 1. The van der Waals surface area contributed by atoms with Crippen LogP contribution >= 0.6 is 0 Å². The van der Waals surface area contributed by atoms with Crippen molar-refractivity contribution in [1.82, 2.24) is 9.62 Å². The van der Waals surface area contributed by atoms with Crippen LogP contribution in [-0.2, 0) is 14.8 Å². The van der Waals surface area contributed by atoms with E-state index in [1.807, 2.05) is 0 Å². The molecular weight excluding hydrogens is 331 g/mol. The minimum Gasteiger partial charge on any atom is -0.356 e. The fourth-order valence-electron chi connectivity index (χ4n) is 2.20. The maximum atomic E-state index is 12.9. The molecule has 0 atom stereocenters. The fourth-order valence-corrected chi connectivity index (χ4v) is 3.40. The molecule has 1 N–H and O–H groups in total. The van der Waals surface area contributed by atoms with Gasteiger partial charge in [0.15, 0.2) is 0 Å². The summed E-state index contributed by atoms with van der Waals surface area (Å²) in [6, 6.07) is 4.71. The Morgan fingerprint density at radius 2 is 1.83 bits per heavy atom. The molecule has 1 amide bonds. The lowest BCUT2D eigenvalue weighted by Gasteiger charge is -2.17. The minimum atomic E-state index is -3.65. The van der Waals surface area contributed by atoms with Crippen molar-refractivity contribution in [2.24, 2.45) is 5.92 Å². The van der Waals surface area contributed by atoms with E-state index in [9.17, 15) is 17.6 Å². The predicted molar refractivity (Wildman–Crippen MR) is 92.5 cm³/mol. The van der Waals surface area contributed by atoms with E-state index in [2.05, 4.69) is 19.2 Å². The van der Waals surface area contributed by atoms with Gasteiger partial charge in [0, 0.05) is 26.6 Å². The van der Waals surface area contributed by atoms with Crippen LogP contribution in [-0.4, -0.2) is 38.8 Å². The van der Waals surface area contributed by atoms with Crippen molar-refractivity contribution in [3.05, 3.63) is 30.1 Å². The van der Waals surface area contributed by atoms with Crippen LogP contribution in [0.3, 0.4) is 0 Å². The van der Waals surface area contributed by atoms with E-state index in [1.54, 1.807) is 0 Å². The number of nitrogens with zero attached hydrogens (tertiary/aromatic N) is 1. The second-order valence-electron chi connectivity index (χ2n) is 6.27. The van der Waals surface area contributed by atoms with Gasteiger partial charge in [0.1, 0.15) is 5.82 Å². The van der Waals surface area contributed by atoms with Crippen molar-refractivity contribution in [3.8, 4) is 0 Å². The molecule has 24 heavy (non-hydrogen) atoms. The quantitative estimate of drug-likeness (QED) is 0.654. The highest BCUT2D eigenvalue weighted by Crippen LogP contribution is 2.15. The van der Waals surface area contributed by atoms with Crippen LogP contribution < -0.4 is 5.32 Å². The van der Waals surface area contributed by atoms with Crippen LogP contribution in [0.1, 0.15) is 39.5 Å². The highest BCUT2D eigenvalue weighted by molar-refractivity contribution is 7.89. The smallest absolute Gasteiger partial charge is 0.242 e. The van der Waals surface area contributed by atoms with Crippen molar-refractivity contribution >= 4 is 15.9 Å². The average Bonchev–Trinajstić information content (AvgIpc) is 2.51. The lowest BCUT2D eigenvalue weighted by molar-refractivity contribution is -0.121. The number of amides is 1. The molecule has 1 rings (SSSR count). The van der Waals surface area contributed by atoms with Gasteiger partial charge in [-0.3, -0.25) is 4.79 Å². The van der Waals surface area contributed by atoms with Crippen LogP contribution in [0.4, 0.5) is 4.39 Å². The molecule has 1 aromatic carbocycles. The Labute approximate surface area is 144 Å². The highest BCUT2D eigenvalue weighted by Gasteiger charge is 2.20. The summed E-state index contributed by atoms with van der Waals surface area (Å²) in [5, 5.41) is 2.84. The zero-order valence-electron chi connectivity index (χ0n) is 14.6. The fraction of sp³-hybridized carbons (Fsp3) is 0.588. The van der Waals surface area contributed by atoms with E-state index in [-0.39, 0.29) is 23.8 Å².